The number of hydrogen-bond donors (Lipinski definition) is 2. The largest absolute Gasteiger partial charge is 0.493 e. The van der Waals surface area contributed by atoms with Gasteiger partial charge in [-0.25, -0.2) is 4.39 Å². The van der Waals surface area contributed by atoms with Gasteiger partial charge in [-0.2, -0.15) is 0 Å². The fraction of sp³-hybridized carbons (Fsp3) is 0.238. The van der Waals surface area contributed by atoms with Crippen LogP contribution in [-0.2, 0) is 11.2 Å². The van der Waals surface area contributed by atoms with Gasteiger partial charge in [-0.15, -0.1) is 10.2 Å². The number of anilines is 2. The Morgan fingerprint density at radius 1 is 0.938 bits per heavy atom. The highest BCUT2D eigenvalue weighted by Crippen LogP contribution is 2.39. The van der Waals surface area contributed by atoms with E-state index < -0.39 is 11.7 Å². The van der Waals surface area contributed by atoms with Crippen LogP contribution in [0.15, 0.2) is 36.4 Å². The van der Waals surface area contributed by atoms with E-state index in [1.54, 1.807) is 12.1 Å². The quantitative estimate of drug-likeness (QED) is 0.502. The summed E-state index contributed by atoms with van der Waals surface area (Å²) in [6, 6.07) is 8.64. The normalized spacial score (nSPS) is 10.4. The number of benzene rings is 2. The molecule has 0 aliphatic rings. The number of rotatable bonds is 9. The SMILES string of the molecule is COc1cc(NC(=O)CCc2nnc(C(=O)Nc3ccc(F)cc3)s2)cc(OC)c1OC. The monoisotopic (exact) mass is 460 g/mol. The van der Waals surface area contributed by atoms with Crippen LogP contribution in [0.1, 0.15) is 21.2 Å². The van der Waals surface area contributed by atoms with Crippen molar-refractivity contribution >= 4 is 34.5 Å². The molecular formula is C21H21FN4O5S. The van der Waals surface area contributed by atoms with Crippen LogP contribution < -0.4 is 24.8 Å². The Morgan fingerprint density at radius 2 is 1.59 bits per heavy atom. The lowest BCUT2D eigenvalue weighted by Crippen LogP contribution is -2.12. The number of nitrogens with one attached hydrogen (secondary N) is 2. The lowest BCUT2D eigenvalue weighted by atomic mass is 10.2. The van der Waals surface area contributed by atoms with E-state index in [1.807, 2.05) is 0 Å². The van der Waals surface area contributed by atoms with Crippen molar-refractivity contribution in [1.29, 1.82) is 0 Å². The summed E-state index contributed by atoms with van der Waals surface area (Å²) in [6.07, 6.45) is 0.433. The first-order valence-corrected chi connectivity index (χ1v) is 10.2. The van der Waals surface area contributed by atoms with Crippen LogP contribution in [0, 0.1) is 5.82 Å². The molecule has 0 aliphatic heterocycles. The number of carbonyl (C=O) groups excluding carboxylic acids is 2. The first kappa shape index (κ1) is 22.9. The van der Waals surface area contributed by atoms with Crippen LogP contribution in [0.4, 0.5) is 15.8 Å². The third kappa shape index (κ3) is 5.70. The Bertz CT molecular complexity index is 1080. The standard InChI is InChI=1S/C21H21FN4O5S/c1-29-15-10-14(11-16(30-2)19(15)31-3)23-17(27)8-9-18-25-26-21(32-18)20(28)24-13-6-4-12(22)5-7-13/h4-7,10-11H,8-9H2,1-3H3,(H,23,27)(H,24,28). The molecule has 0 saturated carbocycles. The van der Waals surface area contributed by atoms with Gasteiger partial charge in [0, 0.05) is 36.3 Å². The molecule has 0 unspecified atom stereocenters. The van der Waals surface area contributed by atoms with Gasteiger partial charge in [0.05, 0.1) is 21.3 Å². The summed E-state index contributed by atoms with van der Waals surface area (Å²) in [5, 5.41) is 13.9. The lowest BCUT2D eigenvalue weighted by molar-refractivity contribution is -0.116. The molecule has 3 rings (SSSR count). The van der Waals surface area contributed by atoms with Gasteiger partial charge in [-0.1, -0.05) is 11.3 Å². The van der Waals surface area contributed by atoms with E-state index in [0.29, 0.717) is 40.1 Å². The molecule has 0 fully saturated rings. The van der Waals surface area contributed by atoms with Crippen molar-refractivity contribution in [2.75, 3.05) is 32.0 Å². The van der Waals surface area contributed by atoms with Crippen LogP contribution in [0.5, 0.6) is 17.2 Å². The Morgan fingerprint density at radius 3 is 2.19 bits per heavy atom. The number of halogens is 1. The van der Waals surface area contributed by atoms with Gasteiger partial charge in [-0.3, -0.25) is 9.59 Å². The number of aromatic nitrogens is 2. The van der Waals surface area contributed by atoms with Crippen molar-refractivity contribution < 1.29 is 28.2 Å². The number of nitrogens with zero attached hydrogens (tertiary/aromatic N) is 2. The number of carbonyl (C=O) groups is 2. The Kier molecular flexibility index (Phi) is 7.55. The minimum atomic E-state index is -0.456. The summed E-state index contributed by atoms with van der Waals surface area (Å²) < 4.78 is 28.8. The van der Waals surface area contributed by atoms with E-state index in [0.717, 1.165) is 11.3 Å². The second-order valence-electron chi connectivity index (χ2n) is 6.42. The van der Waals surface area contributed by atoms with Crippen LogP contribution in [0.2, 0.25) is 0 Å². The van der Waals surface area contributed by atoms with Crippen molar-refractivity contribution in [2.24, 2.45) is 0 Å². The van der Waals surface area contributed by atoms with Crippen molar-refractivity contribution in [2.45, 2.75) is 12.8 Å². The van der Waals surface area contributed by atoms with E-state index in [2.05, 4.69) is 20.8 Å². The van der Waals surface area contributed by atoms with Gasteiger partial charge in [-0.05, 0) is 24.3 Å². The molecule has 11 heteroatoms. The Labute approximate surface area is 187 Å². The highest BCUT2D eigenvalue weighted by atomic mass is 32.1. The maximum atomic E-state index is 13.0. The van der Waals surface area contributed by atoms with Gasteiger partial charge < -0.3 is 24.8 Å². The van der Waals surface area contributed by atoms with E-state index in [-0.39, 0.29) is 17.3 Å². The van der Waals surface area contributed by atoms with E-state index in [1.165, 1.54) is 45.6 Å². The summed E-state index contributed by atoms with van der Waals surface area (Å²) >= 11 is 1.08. The minimum absolute atomic E-state index is 0.130. The Balaban J connectivity index is 1.57. The molecule has 0 bridgehead atoms. The molecule has 2 amide bonds. The summed E-state index contributed by atoms with van der Waals surface area (Å²) in [6.45, 7) is 0. The molecule has 2 N–H and O–H groups in total. The molecule has 0 aliphatic carbocycles. The Hall–Kier alpha value is -3.73. The average Bonchev–Trinajstić information content (AvgIpc) is 3.28. The van der Waals surface area contributed by atoms with Gasteiger partial charge in [0.2, 0.25) is 16.7 Å². The van der Waals surface area contributed by atoms with Gasteiger partial charge in [0.1, 0.15) is 10.8 Å². The van der Waals surface area contributed by atoms with E-state index >= 15 is 0 Å². The van der Waals surface area contributed by atoms with Gasteiger partial charge in [0.25, 0.3) is 5.91 Å². The first-order valence-electron chi connectivity index (χ1n) is 9.42. The molecule has 168 valence electrons. The van der Waals surface area contributed by atoms with Gasteiger partial charge in [0.15, 0.2) is 11.5 Å². The zero-order valence-corrected chi connectivity index (χ0v) is 18.4. The molecule has 1 heterocycles. The molecular weight excluding hydrogens is 439 g/mol. The molecule has 0 saturated heterocycles. The summed E-state index contributed by atoms with van der Waals surface area (Å²) in [7, 11) is 4.47. The summed E-state index contributed by atoms with van der Waals surface area (Å²) in [5.74, 6) is 0.152. The van der Waals surface area contributed by atoms with Crippen LogP contribution >= 0.6 is 11.3 Å². The smallest absolute Gasteiger partial charge is 0.286 e. The van der Waals surface area contributed by atoms with Crippen LogP contribution in [-0.4, -0.2) is 43.3 Å². The third-order valence-electron chi connectivity index (χ3n) is 4.28. The fourth-order valence-corrected chi connectivity index (χ4v) is 3.50. The molecule has 0 radical (unpaired) electrons. The molecule has 32 heavy (non-hydrogen) atoms. The van der Waals surface area contributed by atoms with Crippen molar-refractivity contribution in [3.63, 3.8) is 0 Å². The summed E-state index contributed by atoms with van der Waals surface area (Å²) in [5.41, 5.74) is 0.930. The summed E-state index contributed by atoms with van der Waals surface area (Å²) in [4.78, 5) is 24.6. The van der Waals surface area contributed by atoms with Crippen molar-refractivity contribution in [1.82, 2.24) is 10.2 Å². The highest BCUT2D eigenvalue weighted by molar-refractivity contribution is 7.13. The van der Waals surface area contributed by atoms with Crippen molar-refractivity contribution in [3.8, 4) is 17.2 Å². The topological polar surface area (TPSA) is 112 Å². The molecule has 9 nitrogen and oxygen atoms in total. The van der Waals surface area contributed by atoms with Crippen LogP contribution in [0.3, 0.4) is 0 Å². The second kappa shape index (κ2) is 10.5. The van der Waals surface area contributed by atoms with Gasteiger partial charge >= 0.3 is 0 Å². The minimum Gasteiger partial charge on any atom is -0.493 e. The zero-order valence-electron chi connectivity index (χ0n) is 17.6. The number of ether oxygens (including phenoxy) is 3. The first-order chi connectivity index (χ1) is 15.4. The average molecular weight is 460 g/mol. The predicted molar refractivity (Wildman–Crippen MR) is 117 cm³/mol. The number of methoxy groups -OCH3 is 3. The lowest BCUT2D eigenvalue weighted by Gasteiger charge is -2.14. The molecule has 0 spiro atoms. The second-order valence-corrected chi connectivity index (χ2v) is 7.49. The number of amides is 2. The van der Waals surface area contributed by atoms with Crippen LogP contribution in [0.25, 0.3) is 0 Å². The van der Waals surface area contributed by atoms with E-state index in [4.69, 9.17) is 14.2 Å². The zero-order chi connectivity index (χ0) is 23.1. The molecule has 2 aromatic carbocycles. The molecule has 1 aromatic heterocycles. The highest BCUT2D eigenvalue weighted by Gasteiger charge is 2.16. The maximum absolute atomic E-state index is 13.0. The fourth-order valence-electron chi connectivity index (χ4n) is 2.76. The molecule has 0 atom stereocenters. The number of aryl methyl sites for hydroxylation is 1. The van der Waals surface area contributed by atoms with Crippen molar-refractivity contribution in [3.05, 3.63) is 52.2 Å². The molecule has 3 aromatic rings. The van der Waals surface area contributed by atoms with E-state index in [9.17, 15) is 14.0 Å². The third-order valence-corrected chi connectivity index (χ3v) is 5.26. The number of hydrogen-bond acceptors (Lipinski definition) is 8. The predicted octanol–water partition coefficient (Wildman–Crippen LogP) is 3.53. The maximum Gasteiger partial charge on any atom is 0.286 e.